The second-order valence-corrected chi connectivity index (χ2v) is 6.21. The van der Waals surface area contributed by atoms with E-state index in [0.29, 0.717) is 5.56 Å². The lowest BCUT2D eigenvalue weighted by molar-refractivity contribution is 0.283. The maximum atomic E-state index is 13.7. The Morgan fingerprint density at radius 1 is 1.04 bits per heavy atom. The van der Waals surface area contributed by atoms with Gasteiger partial charge in [0.05, 0.1) is 6.54 Å². The molecular formula is C18H12BrF3N2O2. The van der Waals surface area contributed by atoms with Gasteiger partial charge in [-0.05, 0) is 34.1 Å². The van der Waals surface area contributed by atoms with Gasteiger partial charge in [0, 0.05) is 17.2 Å². The summed E-state index contributed by atoms with van der Waals surface area (Å²) in [5.74, 6) is -1.92. The van der Waals surface area contributed by atoms with Gasteiger partial charge in [-0.15, -0.1) is 0 Å². The van der Waals surface area contributed by atoms with Crippen LogP contribution >= 0.6 is 15.9 Å². The van der Waals surface area contributed by atoms with E-state index in [1.165, 1.54) is 23.0 Å². The van der Waals surface area contributed by atoms with Crippen molar-refractivity contribution in [2.24, 2.45) is 0 Å². The number of benzene rings is 2. The molecule has 3 aromatic rings. The van der Waals surface area contributed by atoms with Crippen LogP contribution in [0.15, 0.2) is 58.1 Å². The quantitative estimate of drug-likeness (QED) is 0.620. The first-order valence-electron chi connectivity index (χ1n) is 7.51. The molecule has 0 saturated heterocycles. The maximum absolute atomic E-state index is 13.7. The van der Waals surface area contributed by atoms with Crippen LogP contribution in [-0.4, -0.2) is 9.55 Å². The highest BCUT2D eigenvalue weighted by molar-refractivity contribution is 9.10. The minimum Gasteiger partial charge on any atom is -0.472 e. The van der Waals surface area contributed by atoms with Crippen molar-refractivity contribution >= 4 is 15.9 Å². The largest absolute Gasteiger partial charge is 0.472 e. The molecule has 134 valence electrons. The first-order chi connectivity index (χ1) is 12.5. The molecule has 0 amide bonds. The van der Waals surface area contributed by atoms with Gasteiger partial charge in [-0.3, -0.25) is 9.36 Å². The second-order valence-electron chi connectivity index (χ2n) is 5.41. The number of aromatic nitrogens is 2. The molecule has 0 aliphatic rings. The molecule has 4 nitrogen and oxygen atoms in total. The van der Waals surface area contributed by atoms with Crippen LogP contribution in [0.5, 0.6) is 5.88 Å². The highest BCUT2D eigenvalue weighted by Crippen LogP contribution is 2.20. The summed E-state index contributed by atoms with van der Waals surface area (Å²) in [5, 5.41) is 0. The molecule has 0 N–H and O–H groups in total. The molecule has 0 aliphatic carbocycles. The summed E-state index contributed by atoms with van der Waals surface area (Å²) in [7, 11) is 0. The standard InChI is InChI=1S/C18H12BrF3N2O2/c19-16-17(26-9-12-5-6-13(20)7-15(12)22)23-10-24(18(16)25)8-11-3-1-2-4-14(11)21/h1-7,10H,8-9H2. The van der Waals surface area contributed by atoms with Gasteiger partial charge in [0.2, 0.25) is 5.88 Å². The average Bonchev–Trinajstić information content (AvgIpc) is 2.61. The van der Waals surface area contributed by atoms with Crippen LogP contribution in [0.1, 0.15) is 11.1 Å². The molecule has 0 unspecified atom stereocenters. The van der Waals surface area contributed by atoms with Crippen LogP contribution in [0.2, 0.25) is 0 Å². The third kappa shape index (κ3) is 3.96. The molecule has 26 heavy (non-hydrogen) atoms. The third-order valence-electron chi connectivity index (χ3n) is 3.63. The van der Waals surface area contributed by atoms with E-state index >= 15 is 0 Å². The van der Waals surface area contributed by atoms with Crippen molar-refractivity contribution in [3.05, 3.63) is 92.2 Å². The highest BCUT2D eigenvalue weighted by Gasteiger charge is 2.13. The van der Waals surface area contributed by atoms with E-state index in [2.05, 4.69) is 20.9 Å². The van der Waals surface area contributed by atoms with Crippen LogP contribution < -0.4 is 10.3 Å². The number of hydrogen-bond donors (Lipinski definition) is 0. The van der Waals surface area contributed by atoms with Crippen molar-refractivity contribution in [2.75, 3.05) is 0 Å². The fourth-order valence-corrected chi connectivity index (χ4v) is 2.70. The van der Waals surface area contributed by atoms with Crippen molar-refractivity contribution < 1.29 is 17.9 Å². The SMILES string of the molecule is O=c1c(Br)c(OCc2ccc(F)cc2F)ncn1Cc1ccccc1F. The average molecular weight is 425 g/mol. The predicted molar refractivity (Wildman–Crippen MR) is 92.4 cm³/mol. The van der Waals surface area contributed by atoms with Crippen LogP contribution in [0, 0.1) is 17.5 Å². The van der Waals surface area contributed by atoms with E-state index in [9.17, 15) is 18.0 Å². The lowest BCUT2D eigenvalue weighted by Crippen LogP contribution is -2.23. The molecule has 8 heteroatoms. The minimum atomic E-state index is -0.756. The Bertz CT molecular complexity index is 1010. The van der Waals surface area contributed by atoms with Crippen LogP contribution in [0.3, 0.4) is 0 Å². The Balaban J connectivity index is 1.79. The Morgan fingerprint density at radius 2 is 1.81 bits per heavy atom. The number of halogens is 4. The van der Waals surface area contributed by atoms with E-state index < -0.39 is 23.0 Å². The number of rotatable bonds is 5. The van der Waals surface area contributed by atoms with Crippen LogP contribution in [0.25, 0.3) is 0 Å². The van der Waals surface area contributed by atoms with Gasteiger partial charge in [-0.25, -0.2) is 18.2 Å². The zero-order valence-electron chi connectivity index (χ0n) is 13.3. The molecule has 0 radical (unpaired) electrons. The van der Waals surface area contributed by atoms with Crippen molar-refractivity contribution in [2.45, 2.75) is 13.2 Å². The lowest BCUT2D eigenvalue weighted by atomic mass is 10.2. The van der Waals surface area contributed by atoms with E-state index in [-0.39, 0.29) is 29.1 Å². The maximum Gasteiger partial charge on any atom is 0.271 e. The summed E-state index contributed by atoms with van der Waals surface area (Å²) in [4.78, 5) is 16.4. The van der Waals surface area contributed by atoms with Gasteiger partial charge in [-0.1, -0.05) is 18.2 Å². The van der Waals surface area contributed by atoms with E-state index in [0.717, 1.165) is 12.1 Å². The molecule has 3 rings (SSSR count). The Hall–Kier alpha value is -2.61. The molecule has 0 bridgehead atoms. The summed E-state index contributed by atoms with van der Waals surface area (Å²) in [6.07, 6.45) is 1.22. The second kappa shape index (κ2) is 7.74. The third-order valence-corrected chi connectivity index (χ3v) is 4.31. The first kappa shape index (κ1) is 18.2. The van der Waals surface area contributed by atoms with Gasteiger partial charge >= 0.3 is 0 Å². The molecule has 0 fully saturated rings. The first-order valence-corrected chi connectivity index (χ1v) is 8.30. The summed E-state index contributed by atoms with van der Waals surface area (Å²) in [6, 6.07) is 9.19. The van der Waals surface area contributed by atoms with Crippen molar-refractivity contribution in [3.8, 4) is 5.88 Å². The van der Waals surface area contributed by atoms with Crippen LogP contribution in [-0.2, 0) is 13.2 Å². The zero-order chi connectivity index (χ0) is 18.7. The molecule has 0 saturated carbocycles. The van der Waals surface area contributed by atoms with Crippen molar-refractivity contribution in [3.63, 3.8) is 0 Å². The molecule has 2 aromatic carbocycles. The van der Waals surface area contributed by atoms with E-state index in [1.807, 2.05) is 0 Å². The molecule has 0 atom stereocenters. The monoisotopic (exact) mass is 424 g/mol. The summed E-state index contributed by atoms with van der Waals surface area (Å²) in [6.45, 7) is -0.224. The number of nitrogens with zero attached hydrogens (tertiary/aromatic N) is 2. The molecule has 0 spiro atoms. The minimum absolute atomic E-state index is 0.00395. The van der Waals surface area contributed by atoms with Gasteiger partial charge < -0.3 is 4.74 Å². The summed E-state index contributed by atoms with van der Waals surface area (Å²) >= 11 is 3.10. The summed E-state index contributed by atoms with van der Waals surface area (Å²) < 4.78 is 46.8. The number of hydrogen-bond acceptors (Lipinski definition) is 3. The smallest absolute Gasteiger partial charge is 0.271 e. The Kier molecular flexibility index (Phi) is 5.41. The fraction of sp³-hybridized carbons (Fsp3) is 0.111. The Labute approximate surface area is 155 Å². The van der Waals surface area contributed by atoms with Gasteiger partial charge in [-0.2, -0.15) is 0 Å². The molecule has 1 aromatic heterocycles. The van der Waals surface area contributed by atoms with Gasteiger partial charge in [0.15, 0.2) is 0 Å². The van der Waals surface area contributed by atoms with Gasteiger partial charge in [0.1, 0.15) is 34.9 Å². The zero-order valence-corrected chi connectivity index (χ0v) is 14.8. The molecular weight excluding hydrogens is 413 g/mol. The molecule has 1 heterocycles. The van der Waals surface area contributed by atoms with Crippen molar-refractivity contribution in [1.29, 1.82) is 0 Å². The molecule has 0 aliphatic heterocycles. The normalized spacial score (nSPS) is 10.8. The topological polar surface area (TPSA) is 44.1 Å². The van der Waals surface area contributed by atoms with Gasteiger partial charge in [0.25, 0.3) is 5.56 Å². The summed E-state index contributed by atoms with van der Waals surface area (Å²) in [5.41, 5.74) is -0.0150. The van der Waals surface area contributed by atoms with E-state index in [1.54, 1.807) is 18.2 Å². The fourth-order valence-electron chi connectivity index (χ4n) is 2.26. The van der Waals surface area contributed by atoms with E-state index in [4.69, 9.17) is 4.74 Å². The van der Waals surface area contributed by atoms with Crippen LogP contribution in [0.4, 0.5) is 13.2 Å². The highest BCUT2D eigenvalue weighted by atomic mass is 79.9. The Morgan fingerprint density at radius 3 is 2.54 bits per heavy atom. The van der Waals surface area contributed by atoms with Crippen molar-refractivity contribution in [1.82, 2.24) is 9.55 Å². The lowest BCUT2D eigenvalue weighted by Gasteiger charge is -2.11. The number of ether oxygens (including phenoxy) is 1. The predicted octanol–water partition coefficient (Wildman–Crippen LogP) is 4.05.